The first kappa shape index (κ1) is 13.8. The van der Waals surface area contributed by atoms with Crippen molar-refractivity contribution in [3.05, 3.63) is 29.8 Å². The minimum Gasteiger partial charge on any atom is -0.496 e. The number of para-hydroxylation sites is 1. The molecule has 1 aromatic carbocycles. The fraction of sp³-hybridized carbons (Fsp3) is 0.500. The van der Waals surface area contributed by atoms with Crippen molar-refractivity contribution in [2.75, 3.05) is 33.4 Å². The summed E-state index contributed by atoms with van der Waals surface area (Å²) in [6.45, 7) is 2.50. The summed E-state index contributed by atoms with van der Waals surface area (Å²) in [5, 5.41) is 9.43. The molecule has 0 unspecified atom stereocenters. The van der Waals surface area contributed by atoms with E-state index in [-0.39, 0.29) is 0 Å². The Hall–Kier alpha value is -1.59. The van der Waals surface area contributed by atoms with E-state index in [2.05, 4.69) is 0 Å². The molecular weight excluding hydrogens is 246 g/mol. The molecule has 1 fully saturated rings. The lowest BCUT2D eigenvalue weighted by Gasteiger charge is -2.32. The van der Waals surface area contributed by atoms with Gasteiger partial charge in [0.2, 0.25) is 0 Å². The lowest BCUT2D eigenvalue weighted by Crippen LogP contribution is -2.48. The second kappa shape index (κ2) is 6.54. The number of hydrogen-bond donors (Lipinski definition) is 1. The van der Waals surface area contributed by atoms with E-state index in [0.29, 0.717) is 32.7 Å². The topological polar surface area (TPSA) is 59.0 Å². The summed E-state index contributed by atoms with van der Waals surface area (Å²) in [6, 6.07) is 7.02. The van der Waals surface area contributed by atoms with Crippen molar-refractivity contribution >= 4 is 5.97 Å². The number of morpholine rings is 1. The molecule has 1 aliphatic rings. The number of carboxylic acids is 1. The van der Waals surface area contributed by atoms with Gasteiger partial charge in [-0.1, -0.05) is 18.2 Å². The van der Waals surface area contributed by atoms with Gasteiger partial charge in [0.25, 0.3) is 0 Å². The molecule has 0 aromatic heterocycles. The molecule has 5 nitrogen and oxygen atoms in total. The van der Waals surface area contributed by atoms with Crippen LogP contribution < -0.4 is 4.74 Å². The maximum Gasteiger partial charge on any atom is 0.321 e. The van der Waals surface area contributed by atoms with Gasteiger partial charge in [-0.05, 0) is 11.6 Å². The van der Waals surface area contributed by atoms with Crippen LogP contribution in [0, 0.1) is 0 Å². The van der Waals surface area contributed by atoms with Crippen molar-refractivity contribution in [1.29, 1.82) is 0 Å². The number of rotatable bonds is 5. The molecule has 19 heavy (non-hydrogen) atoms. The molecule has 1 aromatic rings. The zero-order valence-corrected chi connectivity index (χ0v) is 11.0. The van der Waals surface area contributed by atoms with E-state index in [1.165, 1.54) is 0 Å². The van der Waals surface area contributed by atoms with Crippen molar-refractivity contribution in [1.82, 2.24) is 4.90 Å². The summed E-state index contributed by atoms with van der Waals surface area (Å²) in [6.07, 6.45) is 0.444. The highest BCUT2D eigenvalue weighted by molar-refractivity contribution is 5.74. The molecule has 0 bridgehead atoms. The Labute approximate surface area is 112 Å². The summed E-state index contributed by atoms with van der Waals surface area (Å²) in [5.41, 5.74) is 0.920. The molecule has 1 heterocycles. The molecule has 104 valence electrons. The Morgan fingerprint density at radius 2 is 2.11 bits per heavy atom. The summed E-state index contributed by atoms with van der Waals surface area (Å²) in [5.74, 6) is -0.0604. The van der Waals surface area contributed by atoms with Crippen molar-refractivity contribution in [3.8, 4) is 5.75 Å². The Morgan fingerprint density at radius 1 is 1.42 bits per heavy atom. The van der Waals surface area contributed by atoms with Crippen LogP contribution in [0.1, 0.15) is 5.56 Å². The normalized spacial score (nSPS) is 17.9. The monoisotopic (exact) mass is 265 g/mol. The first-order valence-corrected chi connectivity index (χ1v) is 6.39. The average molecular weight is 265 g/mol. The smallest absolute Gasteiger partial charge is 0.321 e. The largest absolute Gasteiger partial charge is 0.496 e. The van der Waals surface area contributed by atoms with Gasteiger partial charge < -0.3 is 14.6 Å². The predicted molar refractivity (Wildman–Crippen MR) is 70.5 cm³/mol. The first-order chi connectivity index (χ1) is 9.22. The summed E-state index contributed by atoms with van der Waals surface area (Å²) in [4.78, 5) is 13.4. The number of nitrogens with zero attached hydrogens (tertiary/aromatic N) is 1. The molecule has 2 rings (SSSR count). The SMILES string of the molecule is COc1ccccc1C[C@H](C(=O)O)N1CCOCC1. The number of carboxylic acid groups (broad SMARTS) is 1. The molecule has 5 heteroatoms. The molecule has 1 saturated heterocycles. The molecular formula is C14H19NO4. The van der Waals surface area contributed by atoms with Gasteiger partial charge in [-0.25, -0.2) is 0 Å². The molecule has 0 aliphatic carbocycles. The zero-order chi connectivity index (χ0) is 13.7. The number of methoxy groups -OCH3 is 1. The molecule has 0 amide bonds. The van der Waals surface area contributed by atoms with Crippen molar-refractivity contribution in [3.63, 3.8) is 0 Å². The number of hydrogen-bond acceptors (Lipinski definition) is 4. The third-order valence-electron chi connectivity index (χ3n) is 3.38. The minimum absolute atomic E-state index is 0.444. The van der Waals surface area contributed by atoms with E-state index in [0.717, 1.165) is 11.3 Å². The van der Waals surface area contributed by atoms with Gasteiger partial charge in [0, 0.05) is 19.5 Å². The van der Waals surface area contributed by atoms with Crippen LogP contribution in [0.15, 0.2) is 24.3 Å². The minimum atomic E-state index is -0.798. The maximum absolute atomic E-state index is 11.5. The van der Waals surface area contributed by atoms with Crippen LogP contribution in [-0.2, 0) is 16.0 Å². The van der Waals surface area contributed by atoms with Crippen LogP contribution in [0.25, 0.3) is 0 Å². The maximum atomic E-state index is 11.5. The van der Waals surface area contributed by atoms with Gasteiger partial charge in [-0.2, -0.15) is 0 Å². The Morgan fingerprint density at radius 3 is 2.74 bits per heavy atom. The van der Waals surface area contributed by atoms with Crippen molar-refractivity contribution in [2.45, 2.75) is 12.5 Å². The molecule has 1 aliphatic heterocycles. The number of aliphatic carboxylic acids is 1. The Balaban J connectivity index is 2.13. The third-order valence-corrected chi connectivity index (χ3v) is 3.38. The molecule has 0 spiro atoms. The van der Waals surface area contributed by atoms with E-state index >= 15 is 0 Å². The Bertz CT molecular complexity index is 429. The lowest BCUT2D eigenvalue weighted by atomic mass is 10.0. The standard InChI is InChI=1S/C14H19NO4/c1-18-13-5-3-2-4-11(13)10-12(14(16)17)15-6-8-19-9-7-15/h2-5,12H,6-10H2,1H3,(H,16,17)/t12-/m1/s1. The van der Waals surface area contributed by atoms with Crippen LogP contribution >= 0.6 is 0 Å². The van der Waals surface area contributed by atoms with Crippen molar-refractivity contribution < 1.29 is 19.4 Å². The number of ether oxygens (including phenoxy) is 2. The van der Waals surface area contributed by atoms with E-state index in [1.807, 2.05) is 29.2 Å². The van der Waals surface area contributed by atoms with Crippen molar-refractivity contribution in [2.24, 2.45) is 0 Å². The predicted octanol–water partition coefficient (Wildman–Crippen LogP) is 1.02. The van der Waals surface area contributed by atoms with Crippen LogP contribution in [-0.4, -0.2) is 55.4 Å². The van der Waals surface area contributed by atoms with E-state index < -0.39 is 12.0 Å². The van der Waals surface area contributed by atoms with E-state index in [4.69, 9.17) is 9.47 Å². The van der Waals surface area contributed by atoms with Crippen LogP contribution in [0.2, 0.25) is 0 Å². The summed E-state index contributed by atoms with van der Waals surface area (Å²) in [7, 11) is 1.60. The quantitative estimate of drug-likeness (QED) is 0.861. The Kier molecular flexibility index (Phi) is 4.76. The molecule has 1 atom stereocenters. The van der Waals surface area contributed by atoms with Crippen LogP contribution in [0.4, 0.5) is 0 Å². The number of benzene rings is 1. The van der Waals surface area contributed by atoms with E-state index in [1.54, 1.807) is 7.11 Å². The average Bonchev–Trinajstić information content (AvgIpc) is 2.45. The fourth-order valence-electron chi connectivity index (χ4n) is 2.34. The van der Waals surface area contributed by atoms with Crippen LogP contribution in [0.3, 0.4) is 0 Å². The molecule has 0 saturated carbocycles. The van der Waals surface area contributed by atoms with Gasteiger partial charge >= 0.3 is 5.97 Å². The van der Waals surface area contributed by atoms with Gasteiger partial charge in [0.05, 0.1) is 20.3 Å². The molecule has 1 N–H and O–H groups in total. The second-order valence-electron chi connectivity index (χ2n) is 4.52. The van der Waals surface area contributed by atoms with E-state index in [9.17, 15) is 9.90 Å². The lowest BCUT2D eigenvalue weighted by molar-refractivity contribution is -0.145. The molecule has 0 radical (unpaired) electrons. The van der Waals surface area contributed by atoms with Gasteiger partial charge in [-0.15, -0.1) is 0 Å². The second-order valence-corrected chi connectivity index (χ2v) is 4.52. The highest BCUT2D eigenvalue weighted by atomic mass is 16.5. The number of carbonyl (C=O) groups is 1. The first-order valence-electron chi connectivity index (χ1n) is 6.39. The highest BCUT2D eigenvalue weighted by Gasteiger charge is 2.28. The van der Waals surface area contributed by atoms with Gasteiger partial charge in [0.15, 0.2) is 0 Å². The summed E-state index contributed by atoms with van der Waals surface area (Å²) >= 11 is 0. The van der Waals surface area contributed by atoms with Gasteiger partial charge in [-0.3, -0.25) is 9.69 Å². The highest BCUT2D eigenvalue weighted by Crippen LogP contribution is 2.21. The third kappa shape index (κ3) is 3.45. The zero-order valence-electron chi connectivity index (χ0n) is 11.0. The van der Waals surface area contributed by atoms with Gasteiger partial charge in [0.1, 0.15) is 11.8 Å². The summed E-state index contributed by atoms with van der Waals surface area (Å²) < 4.78 is 10.5. The fourth-order valence-corrected chi connectivity index (χ4v) is 2.34. The van der Waals surface area contributed by atoms with Crippen LogP contribution in [0.5, 0.6) is 5.75 Å².